The summed E-state index contributed by atoms with van der Waals surface area (Å²) in [5, 5.41) is 6.99. The van der Waals surface area contributed by atoms with E-state index in [0.29, 0.717) is 18.1 Å². The molecular formula is C11H19F2N3O2. The van der Waals surface area contributed by atoms with Crippen molar-refractivity contribution in [3.05, 3.63) is 11.7 Å². The molecule has 1 heterocycles. The quantitative estimate of drug-likeness (QED) is 0.724. The van der Waals surface area contributed by atoms with E-state index in [-0.39, 0.29) is 6.61 Å². The SMILES string of the molecule is CCNC(C)(C)c1nc(CCOCC(F)F)no1. The van der Waals surface area contributed by atoms with E-state index >= 15 is 0 Å². The normalized spacial score (nSPS) is 12.3. The third kappa shape index (κ3) is 4.66. The van der Waals surface area contributed by atoms with Gasteiger partial charge in [0.05, 0.1) is 12.1 Å². The van der Waals surface area contributed by atoms with E-state index in [1.807, 2.05) is 20.8 Å². The number of aromatic nitrogens is 2. The van der Waals surface area contributed by atoms with Gasteiger partial charge < -0.3 is 14.6 Å². The number of alkyl halides is 2. The Morgan fingerprint density at radius 1 is 1.44 bits per heavy atom. The van der Waals surface area contributed by atoms with Crippen LogP contribution in [0.3, 0.4) is 0 Å². The Hall–Kier alpha value is -1.08. The van der Waals surface area contributed by atoms with Gasteiger partial charge in [-0.1, -0.05) is 12.1 Å². The van der Waals surface area contributed by atoms with Crippen molar-refractivity contribution in [3.63, 3.8) is 0 Å². The number of nitrogens with one attached hydrogen (secondary N) is 1. The molecule has 1 aromatic heterocycles. The Kier molecular flexibility index (Phi) is 5.61. The van der Waals surface area contributed by atoms with Crippen LogP contribution in [0, 0.1) is 0 Å². The van der Waals surface area contributed by atoms with Gasteiger partial charge in [-0.15, -0.1) is 0 Å². The maximum Gasteiger partial charge on any atom is 0.261 e. The highest BCUT2D eigenvalue weighted by Crippen LogP contribution is 2.17. The number of hydrogen-bond donors (Lipinski definition) is 1. The second kappa shape index (κ2) is 6.75. The average Bonchev–Trinajstić information content (AvgIpc) is 2.73. The molecule has 5 nitrogen and oxygen atoms in total. The van der Waals surface area contributed by atoms with E-state index in [4.69, 9.17) is 9.26 Å². The fraction of sp³-hybridized carbons (Fsp3) is 0.818. The number of halogens is 2. The summed E-state index contributed by atoms with van der Waals surface area (Å²) in [4.78, 5) is 4.21. The lowest BCUT2D eigenvalue weighted by Crippen LogP contribution is -2.36. The Morgan fingerprint density at radius 3 is 2.78 bits per heavy atom. The van der Waals surface area contributed by atoms with E-state index in [2.05, 4.69) is 15.5 Å². The van der Waals surface area contributed by atoms with Crippen LogP contribution in [0.4, 0.5) is 8.78 Å². The summed E-state index contributed by atoms with van der Waals surface area (Å²) < 4.78 is 33.5. The van der Waals surface area contributed by atoms with Crippen LogP contribution < -0.4 is 5.32 Å². The van der Waals surface area contributed by atoms with Crippen LogP contribution in [0.1, 0.15) is 32.5 Å². The highest BCUT2D eigenvalue weighted by molar-refractivity contribution is 4.99. The van der Waals surface area contributed by atoms with E-state index < -0.39 is 18.6 Å². The third-order valence-corrected chi connectivity index (χ3v) is 2.34. The lowest BCUT2D eigenvalue weighted by molar-refractivity contribution is 0.0182. The topological polar surface area (TPSA) is 60.2 Å². The minimum Gasteiger partial charge on any atom is -0.375 e. The Morgan fingerprint density at radius 2 is 2.17 bits per heavy atom. The summed E-state index contributed by atoms with van der Waals surface area (Å²) in [6.07, 6.45) is -2.09. The van der Waals surface area contributed by atoms with E-state index in [1.165, 1.54) is 0 Å². The molecule has 0 saturated carbocycles. The van der Waals surface area contributed by atoms with Crippen molar-refractivity contribution in [3.8, 4) is 0 Å². The van der Waals surface area contributed by atoms with Crippen LogP contribution in [-0.4, -0.2) is 36.3 Å². The van der Waals surface area contributed by atoms with Crippen LogP contribution in [0.25, 0.3) is 0 Å². The lowest BCUT2D eigenvalue weighted by atomic mass is 10.1. The van der Waals surface area contributed by atoms with E-state index in [1.54, 1.807) is 0 Å². The van der Waals surface area contributed by atoms with Crippen LogP contribution >= 0.6 is 0 Å². The van der Waals surface area contributed by atoms with Gasteiger partial charge in [0.15, 0.2) is 5.82 Å². The minimum atomic E-state index is -2.45. The zero-order valence-electron chi connectivity index (χ0n) is 10.9. The maximum absolute atomic E-state index is 11.8. The summed E-state index contributed by atoms with van der Waals surface area (Å²) >= 11 is 0. The second-order valence-corrected chi connectivity index (χ2v) is 4.39. The van der Waals surface area contributed by atoms with Gasteiger partial charge in [0.25, 0.3) is 6.43 Å². The van der Waals surface area contributed by atoms with Gasteiger partial charge in [0.2, 0.25) is 5.89 Å². The van der Waals surface area contributed by atoms with Crippen molar-refractivity contribution in [2.45, 2.75) is 39.2 Å². The zero-order chi connectivity index (χ0) is 13.6. The Labute approximate surface area is 105 Å². The van der Waals surface area contributed by atoms with Crippen molar-refractivity contribution >= 4 is 0 Å². The first-order chi connectivity index (χ1) is 8.45. The highest BCUT2D eigenvalue weighted by Gasteiger charge is 2.26. The summed E-state index contributed by atoms with van der Waals surface area (Å²) in [7, 11) is 0. The first kappa shape index (κ1) is 15.0. The van der Waals surface area contributed by atoms with Crippen LogP contribution in [0.2, 0.25) is 0 Å². The molecule has 0 atom stereocenters. The van der Waals surface area contributed by atoms with Gasteiger partial charge >= 0.3 is 0 Å². The molecule has 0 radical (unpaired) electrons. The summed E-state index contributed by atoms with van der Waals surface area (Å²) in [6.45, 7) is 6.22. The van der Waals surface area contributed by atoms with Gasteiger partial charge in [-0.2, -0.15) is 4.98 Å². The molecule has 0 saturated heterocycles. The van der Waals surface area contributed by atoms with Crippen molar-refractivity contribution in [2.24, 2.45) is 0 Å². The van der Waals surface area contributed by atoms with Crippen LogP contribution in [0.15, 0.2) is 4.52 Å². The van der Waals surface area contributed by atoms with Crippen LogP contribution in [0.5, 0.6) is 0 Å². The van der Waals surface area contributed by atoms with Gasteiger partial charge in [0.1, 0.15) is 6.61 Å². The van der Waals surface area contributed by atoms with Crippen molar-refractivity contribution in [1.29, 1.82) is 0 Å². The molecule has 0 aromatic carbocycles. The predicted octanol–water partition coefficient (Wildman–Crippen LogP) is 1.74. The van der Waals surface area contributed by atoms with Gasteiger partial charge in [0, 0.05) is 6.42 Å². The molecule has 0 aliphatic carbocycles. The Bertz CT molecular complexity index is 356. The molecule has 0 spiro atoms. The predicted molar refractivity (Wildman–Crippen MR) is 61.5 cm³/mol. The number of rotatable bonds is 8. The largest absolute Gasteiger partial charge is 0.375 e. The van der Waals surface area contributed by atoms with Crippen LogP contribution in [-0.2, 0) is 16.7 Å². The molecule has 0 aliphatic rings. The third-order valence-electron chi connectivity index (χ3n) is 2.34. The molecule has 1 aromatic rings. The van der Waals surface area contributed by atoms with Gasteiger partial charge in [-0.25, -0.2) is 8.78 Å². The fourth-order valence-electron chi connectivity index (χ4n) is 1.46. The molecule has 104 valence electrons. The van der Waals surface area contributed by atoms with Crippen molar-refractivity contribution in [2.75, 3.05) is 19.8 Å². The summed E-state index contributed by atoms with van der Waals surface area (Å²) in [5.74, 6) is 0.943. The minimum absolute atomic E-state index is 0.158. The molecule has 0 fully saturated rings. The lowest BCUT2D eigenvalue weighted by Gasteiger charge is -2.20. The molecule has 1 N–H and O–H groups in total. The molecule has 0 unspecified atom stereocenters. The molecule has 18 heavy (non-hydrogen) atoms. The van der Waals surface area contributed by atoms with Crippen molar-refractivity contribution < 1.29 is 18.0 Å². The molecule has 0 amide bonds. The zero-order valence-corrected chi connectivity index (χ0v) is 10.9. The second-order valence-electron chi connectivity index (χ2n) is 4.39. The summed E-state index contributed by atoms with van der Waals surface area (Å²) in [5.41, 5.74) is -0.399. The Balaban J connectivity index is 2.43. The first-order valence-corrected chi connectivity index (χ1v) is 5.89. The average molecular weight is 263 g/mol. The van der Waals surface area contributed by atoms with Crippen molar-refractivity contribution in [1.82, 2.24) is 15.5 Å². The standard InChI is InChI=1S/C11H19F2N3O2/c1-4-14-11(2,3)10-15-9(16-18-10)5-6-17-7-8(12)13/h8,14H,4-7H2,1-3H3. The number of hydrogen-bond acceptors (Lipinski definition) is 5. The monoisotopic (exact) mass is 263 g/mol. The van der Waals surface area contributed by atoms with Gasteiger partial charge in [-0.3, -0.25) is 0 Å². The molecule has 0 aliphatic heterocycles. The van der Waals surface area contributed by atoms with Gasteiger partial charge in [-0.05, 0) is 20.4 Å². The molecular weight excluding hydrogens is 244 g/mol. The number of nitrogens with zero attached hydrogens (tertiary/aromatic N) is 2. The fourth-order valence-corrected chi connectivity index (χ4v) is 1.46. The summed E-state index contributed by atoms with van der Waals surface area (Å²) in [6, 6.07) is 0. The van der Waals surface area contributed by atoms with E-state index in [9.17, 15) is 8.78 Å². The first-order valence-electron chi connectivity index (χ1n) is 5.89. The maximum atomic E-state index is 11.8. The number of ether oxygens (including phenoxy) is 1. The molecule has 0 bridgehead atoms. The molecule has 7 heteroatoms. The molecule has 1 rings (SSSR count). The highest BCUT2D eigenvalue weighted by atomic mass is 19.3. The van der Waals surface area contributed by atoms with E-state index in [0.717, 1.165) is 6.54 Å². The smallest absolute Gasteiger partial charge is 0.261 e.